The fourth-order valence-corrected chi connectivity index (χ4v) is 2.63. The van der Waals surface area contributed by atoms with E-state index in [1.54, 1.807) is 6.20 Å². The lowest BCUT2D eigenvalue weighted by Crippen LogP contribution is -2.22. The van der Waals surface area contributed by atoms with Crippen LogP contribution in [0, 0.1) is 0 Å². The molecule has 0 aliphatic heterocycles. The summed E-state index contributed by atoms with van der Waals surface area (Å²) < 4.78 is 9.15. The number of hydrogen-bond donors (Lipinski definition) is 0. The molecule has 0 radical (unpaired) electrons. The topological polar surface area (TPSA) is 65.8 Å². The molecule has 0 fully saturated rings. The zero-order chi connectivity index (χ0) is 16.6. The molecule has 0 saturated carbocycles. The van der Waals surface area contributed by atoms with Crippen LogP contribution in [0.2, 0.25) is 0 Å². The number of aromatic nitrogens is 4. The monoisotopic (exact) mass is 376 g/mol. The lowest BCUT2D eigenvalue weighted by Gasteiger charge is -2.18. The first kappa shape index (κ1) is 15.7. The van der Waals surface area contributed by atoms with E-state index in [9.17, 15) is 4.79 Å². The molecule has 3 rings (SSSR count). The summed E-state index contributed by atoms with van der Waals surface area (Å²) in [5.74, 6) is 0.0169. The van der Waals surface area contributed by atoms with E-state index in [4.69, 9.17) is 4.52 Å². The van der Waals surface area contributed by atoms with Gasteiger partial charge in [0.05, 0.1) is 18.3 Å². The highest BCUT2D eigenvalue weighted by Crippen LogP contribution is 2.21. The van der Waals surface area contributed by atoms with E-state index in [2.05, 4.69) is 47.0 Å². The Balaban J connectivity index is 1.97. The van der Waals surface area contributed by atoms with Gasteiger partial charge in [0.2, 0.25) is 0 Å². The Labute approximate surface area is 141 Å². The van der Waals surface area contributed by atoms with Gasteiger partial charge in [-0.25, -0.2) is 4.79 Å². The van der Waals surface area contributed by atoms with Crippen molar-refractivity contribution in [3.05, 3.63) is 57.2 Å². The highest BCUT2D eigenvalue weighted by atomic mass is 79.9. The van der Waals surface area contributed by atoms with Crippen molar-refractivity contribution in [1.82, 2.24) is 19.5 Å². The Kier molecular flexibility index (Phi) is 3.97. The Morgan fingerprint density at radius 1 is 1.30 bits per heavy atom. The molecule has 0 N–H and O–H groups in total. The molecule has 3 aromatic rings. The minimum absolute atomic E-state index is 0.106. The molecule has 2 heterocycles. The summed E-state index contributed by atoms with van der Waals surface area (Å²) in [6.45, 7) is 6.58. The molecule has 120 valence electrons. The van der Waals surface area contributed by atoms with Crippen molar-refractivity contribution in [3.8, 4) is 11.4 Å². The Hall–Kier alpha value is -2.15. The average Bonchev–Trinajstić information content (AvgIpc) is 3.07. The molecule has 7 heteroatoms. The summed E-state index contributed by atoms with van der Waals surface area (Å²) in [6.07, 6.45) is 3.69. The third kappa shape index (κ3) is 3.29. The Morgan fingerprint density at radius 2 is 2.09 bits per heavy atom. The molecule has 0 amide bonds. The highest BCUT2D eigenvalue weighted by molar-refractivity contribution is 9.10. The normalized spacial score (nSPS) is 11.8. The van der Waals surface area contributed by atoms with Crippen molar-refractivity contribution in [1.29, 1.82) is 0 Å². The van der Waals surface area contributed by atoms with E-state index in [1.807, 2.05) is 35.1 Å². The van der Waals surface area contributed by atoms with Crippen molar-refractivity contribution < 1.29 is 4.52 Å². The summed E-state index contributed by atoms with van der Waals surface area (Å²) in [4.78, 5) is 12.0. The first-order valence-electron chi connectivity index (χ1n) is 7.21. The molecule has 0 atom stereocenters. The second-order valence-corrected chi connectivity index (χ2v) is 7.25. The molecule has 0 bridgehead atoms. The fourth-order valence-electron chi connectivity index (χ4n) is 2.23. The molecule has 6 nitrogen and oxygen atoms in total. The summed E-state index contributed by atoms with van der Waals surface area (Å²) in [6, 6.07) is 7.59. The lowest BCUT2D eigenvalue weighted by molar-refractivity contribution is 0.355. The van der Waals surface area contributed by atoms with Crippen LogP contribution in [0.15, 0.2) is 50.4 Å². The van der Waals surface area contributed by atoms with Crippen molar-refractivity contribution in [2.45, 2.75) is 32.9 Å². The van der Waals surface area contributed by atoms with Crippen LogP contribution in [0.3, 0.4) is 0 Å². The molecule has 0 aliphatic carbocycles. The van der Waals surface area contributed by atoms with Gasteiger partial charge in [-0.3, -0.25) is 13.8 Å². The van der Waals surface area contributed by atoms with Crippen LogP contribution in [0.25, 0.3) is 11.4 Å². The van der Waals surface area contributed by atoms with Gasteiger partial charge in [0.15, 0.2) is 5.82 Å². The van der Waals surface area contributed by atoms with Gasteiger partial charge in [-0.15, -0.1) is 0 Å². The maximum absolute atomic E-state index is 12.0. The third-order valence-electron chi connectivity index (χ3n) is 3.43. The highest BCUT2D eigenvalue weighted by Gasteiger charge is 2.17. The second kappa shape index (κ2) is 5.81. The van der Waals surface area contributed by atoms with Gasteiger partial charge in [0, 0.05) is 21.8 Å². The molecular formula is C16H17BrN4O2. The van der Waals surface area contributed by atoms with Gasteiger partial charge in [-0.05, 0) is 32.9 Å². The first-order valence-corrected chi connectivity index (χ1v) is 8.00. The smallest absolute Gasteiger partial charge is 0.295 e. The number of halogens is 1. The van der Waals surface area contributed by atoms with Gasteiger partial charge in [0.1, 0.15) is 0 Å². The summed E-state index contributed by atoms with van der Waals surface area (Å²) in [5, 5.41) is 8.26. The van der Waals surface area contributed by atoms with Gasteiger partial charge in [-0.2, -0.15) is 5.10 Å². The third-order valence-corrected chi connectivity index (χ3v) is 3.93. The van der Waals surface area contributed by atoms with Gasteiger partial charge < -0.3 is 0 Å². The van der Waals surface area contributed by atoms with E-state index in [0.29, 0.717) is 12.4 Å². The van der Waals surface area contributed by atoms with Gasteiger partial charge >= 0.3 is 5.76 Å². The number of nitrogens with zero attached hydrogens (tertiary/aromatic N) is 4. The molecule has 0 unspecified atom stereocenters. The SMILES string of the molecule is CC(C)(C)n1cc(Cn2c(-c3cccc(Br)c3)noc2=O)cn1. The lowest BCUT2D eigenvalue weighted by atomic mass is 10.1. The van der Waals surface area contributed by atoms with Gasteiger partial charge in [-0.1, -0.05) is 33.2 Å². The predicted octanol–water partition coefficient (Wildman–Crippen LogP) is 3.27. The van der Waals surface area contributed by atoms with Crippen LogP contribution in [-0.4, -0.2) is 19.5 Å². The molecule has 2 aromatic heterocycles. The zero-order valence-electron chi connectivity index (χ0n) is 13.2. The molecule has 23 heavy (non-hydrogen) atoms. The molecule has 0 aliphatic rings. The average molecular weight is 377 g/mol. The van der Waals surface area contributed by atoms with E-state index < -0.39 is 5.76 Å². The summed E-state index contributed by atoms with van der Waals surface area (Å²) in [7, 11) is 0. The number of hydrogen-bond acceptors (Lipinski definition) is 4. The molecular weight excluding hydrogens is 360 g/mol. The zero-order valence-corrected chi connectivity index (χ0v) is 14.7. The fraction of sp³-hybridized carbons (Fsp3) is 0.312. The molecule has 0 spiro atoms. The minimum atomic E-state index is -0.483. The number of rotatable bonds is 3. The molecule has 1 aromatic carbocycles. The van der Waals surface area contributed by atoms with Crippen LogP contribution >= 0.6 is 15.9 Å². The Bertz CT molecular complexity index is 886. The van der Waals surface area contributed by atoms with Gasteiger partial charge in [0.25, 0.3) is 0 Å². The van der Waals surface area contributed by atoms with Crippen LogP contribution in [0.4, 0.5) is 0 Å². The predicted molar refractivity (Wildman–Crippen MR) is 90.2 cm³/mol. The van der Waals surface area contributed by atoms with Crippen LogP contribution < -0.4 is 5.76 Å². The van der Waals surface area contributed by atoms with Crippen LogP contribution in [-0.2, 0) is 12.1 Å². The summed E-state index contributed by atoms with van der Waals surface area (Å²) >= 11 is 3.42. The minimum Gasteiger partial charge on any atom is -0.295 e. The molecule has 0 saturated heterocycles. The van der Waals surface area contributed by atoms with Crippen LogP contribution in [0.5, 0.6) is 0 Å². The van der Waals surface area contributed by atoms with E-state index in [-0.39, 0.29) is 5.54 Å². The van der Waals surface area contributed by atoms with Crippen molar-refractivity contribution >= 4 is 15.9 Å². The van der Waals surface area contributed by atoms with Crippen LogP contribution in [0.1, 0.15) is 26.3 Å². The largest absolute Gasteiger partial charge is 0.442 e. The summed E-state index contributed by atoms with van der Waals surface area (Å²) in [5.41, 5.74) is 1.63. The quantitative estimate of drug-likeness (QED) is 0.703. The van der Waals surface area contributed by atoms with E-state index in [1.165, 1.54) is 4.57 Å². The van der Waals surface area contributed by atoms with E-state index in [0.717, 1.165) is 15.6 Å². The van der Waals surface area contributed by atoms with Crippen molar-refractivity contribution in [2.75, 3.05) is 0 Å². The first-order chi connectivity index (χ1) is 10.8. The number of benzene rings is 1. The maximum atomic E-state index is 12.0. The van der Waals surface area contributed by atoms with E-state index >= 15 is 0 Å². The standard InChI is InChI=1S/C16H17BrN4O2/c1-16(2,3)21-10-11(8-18-21)9-20-14(19-23-15(20)22)12-5-4-6-13(17)7-12/h4-8,10H,9H2,1-3H3. The van der Waals surface area contributed by atoms with Crippen molar-refractivity contribution in [3.63, 3.8) is 0 Å². The Morgan fingerprint density at radius 3 is 2.74 bits per heavy atom. The maximum Gasteiger partial charge on any atom is 0.442 e. The van der Waals surface area contributed by atoms with Crippen molar-refractivity contribution in [2.24, 2.45) is 0 Å². The second-order valence-electron chi connectivity index (χ2n) is 6.33.